The number of hydrogen-bond donors (Lipinski definition) is 2. The summed E-state index contributed by atoms with van der Waals surface area (Å²) in [5.74, 6) is 2.44. The van der Waals surface area contributed by atoms with Gasteiger partial charge in [-0.05, 0) is 38.5 Å². The van der Waals surface area contributed by atoms with Gasteiger partial charge in [0.2, 0.25) is 5.91 Å². The van der Waals surface area contributed by atoms with E-state index in [1.807, 2.05) is 6.92 Å². The highest BCUT2D eigenvalue weighted by atomic mass is 127. The van der Waals surface area contributed by atoms with Crippen LogP contribution in [0.4, 0.5) is 0 Å². The van der Waals surface area contributed by atoms with E-state index in [9.17, 15) is 4.79 Å². The summed E-state index contributed by atoms with van der Waals surface area (Å²) in [5.41, 5.74) is 0. The SMILES string of the molecule is CCNC(=NCCC(=O)NC(C)CC)N1CC(C)CC(C)C1.I. The van der Waals surface area contributed by atoms with Crippen LogP contribution in [0.1, 0.15) is 53.9 Å². The Morgan fingerprint density at radius 2 is 1.87 bits per heavy atom. The average Bonchev–Trinajstić information content (AvgIpc) is 2.45. The van der Waals surface area contributed by atoms with Crippen molar-refractivity contribution in [1.29, 1.82) is 0 Å². The summed E-state index contributed by atoms with van der Waals surface area (Å²) in [6.45, 7) is 14.3. The number of hydrogen-bond acceptors (Lipinski definition) is 2. The van der Waals surface area contributed by atoms with Gasteiger partial charge in [-0.25, -0.2) is 0 Å². The van der Waals surface area contributed by atoms with E-state index in [0.717, 1.165) is 32.0 Å². The van der Waals surface area contributed by atoms with Gasteiger partial charge < -0.3 is 15.5 Å². The summed E-state index contributed by atoms with van der Waals surface area (Å²) < 4.78 is 0. The van der Waals surface area contributed by atoms with Crippen molar-refractivity contribution in [3.05, 3.63) is 0 Å². The van der Waals surface area contributed by atoms with Gasteiger partial charge >= 0.3 is 0 Å². The second kappa shape index (κ2) is 11.9. The highest BCUT2D eigenvalue weighted by Gasteiger charge is 2.23. The highest BCUT2D eigenvalue weighted by Crippen LogP contribution is 2.20. The monoisotopic (exact) mass is 438 g/mol. The molecule has 0 aromatic carbocycles. The predicted molar refractivity (Wildman–Crippen MR) is 108 cm³/mol. The molecule has 0 bridgehead atoms. The van der Waals surface area contributed by atoms with Crippen molar-refractivity contribution in [2.24, 2.45) is 16.8 Å². The molecule has 3 unspecified atom stereocenters. The first kappa shape index (κ1) is 22.5. The van der Waals surface area contributed by atoms with E-state index in [1.54, 1.807) is 0 Å². The second-order valence-corrected chi connectivity index (χ2v) is 6.71. The van der Waals surface area contributed by atoms with Crippen LogP contribution in [0, 0.1) is 11.8 Å². The molecule has 136 valence electrons. The third kappa shape index (κ3) is 8.77. The molecule has 1 aliphatic heterocycles. The lowest BCUT2D eigenvalue weighted by atomic mass is 9.92. The summed E-state index contributed by atoms with van der Waals surface area (Å²) in [7, 11) is 0. The number of guanidine groups is 1. The number of nitrogens with zero attached hydrogens (tertiary/aromatic N) is 2. The predicted octanol–water partition coefficient (Wildman–Crippen LogP) is 2.85. The van der Waals surface area contributed by atoms with E-state index >= 15 is 0 Å². The summed E-state index contributed by atoms with van der Waals surface area (Å²) in [6, 6.07) is 0.244. The van der Waals surface area contributed by atoms with Crippen molar-refractivity contribution in [3.63, 3.8) is 0 Å². The van der Waals surface area contributed by atoms with Gasteiger partial charge in [-0.2, -0.15) is 0 Å². The fraction of sp³-hybridized carbons (Fsp3) is 0.882. The molecule has 0 radical (unpaired) electrons. The molecule has 0 spiro atoms. The first-order chi connectivity index (χ1) is 10.5. The van der Waals surface area contributed by atoms with Gasteiger partial charge in [0.15, 0.2) is 5.96 Å². The van der Waals surface area contributed by atoms with Gasteiger partial charge in [0.1, 0.15) is 0 Å². The number of likely N-dealkylation sites (tertiary alicyclic amines) is 1. The first-order valence-corrected chi connectivity index (χ1v) is 8.78. The number of carbonyl (C=O) groups is 1. The minimum absolute atomic E-state index is 0. The Labute approximate surface area is 159 Å². The van der Waals surface area contributed by atoms with Gasteiger partial charge in [0.05, 0.1) is 6.54 Å². The molecule has 5 nitrogen and oxygen atoms in total. The van der Waals surface area contributed by atoms with Crippen LogP contribution in [-0.4, -0.2) is 49.0 Å². The lowest BCUT2D eigenvalue weighted by molar-refractivity contribution is -0.121. The average molecular weight is 438 g/mol. The lowest BCUT2D eigenvalue weighted by Gasteiger charge is -2.37. The minimum Gasteiger partial charge on any atom is -0.357 e. The Balaban J connectivity index is 0.00000484. The standard InChI is InChI=1S/C17H34N4O.HI/c1-6-15(5)20-16(22)8-9-19-17(18-7-2)21-11-13(3)10-14(4)12-21;/h13-15H,6-12H2,1-5H3,(H,18,19)(H,20,22);1H. The molecule has 1 aliphatic rings. The van der Waals surface area contributed by atoms with E-state index in [1.165, 1.54) is 6.42 Å². The van der Waals surface area contributed by atoms with Crippen molar-refractivity contribution in [3.8, 4) is 0 Å². The van der Waals surface area contributed by atoms with E-state index in [2.05, 4.69) is 48.2 Å². The summed E-state index contributed by atoms with van der Waals surface area (Å²) in [4.78, 5) is 18.8. The minimum atomic E-state index is 0. The Morgan fingerprint density at radius 3 is 2.39 bits per heavy atom. The number of halogens is 1. The molecule has 1 fully saturated rings. The van der Waals surface area contributed by atoms with Crippen molar-refractivity contribution in [1.82, 2.24) is 15.5 Å². The quantitative estimate of drug-likeness (QED) is 0.381. The zero-order chi connectivity index (χ0) is 16.5. The summed E-state index contributed by atoms with van der Waals surface area (Å²) >= 11 is 0. The molecule has 23 heavy (non-hydrogen) atoms. The number of rotatable bonds is 6. The fourth-order valence-electron chi connectivity index (χ4n) is 2.97. The normalized spacial score (nSPS) is 23.0. The number of nitrogens with one attached hydrogen (secondary N) is 2. The van der Waals surface area contributed by atoms with Crippen LogP contribution in [0.5, 0.6) is 0 Å². The lowest BCUT2D eigenvalue weighted by Crippen LogP contribution is -2.48. The molecule has 0 aromatic heterocycles. The highest BCUT2D eigenvalue weighted by molar-refractivity contribution is 14.0. The zero-order valence-corrected chi connectivity index (χ0v) is 17.7. The fourth-order valence-corrected chi connectivity index (χ4v) is 2.97. The number of aliphatic imine (C=N–C) groups is 1. The van der Waals surface area contributed by atoms with Gasteiger partial charge in [-0.1, -0.05) is 20.8 Å². The molecular formula is C17H35IN4O. The molecule has 1 heterocycles. The van der Waals surface area contributed by atoms with Gasteiger partial charge in [0, 0.05) is 32.1 Å². The third-order valence-electron chi connectivity index (χ3n) is 4.12. The zero-order valence-electron chi connectivity index (χ0n) is 15.4. The molecule has 6 heteroatoms. The number of carbonyl (C=O) groups excluding carboxylic acids is 1. The van der Waals surface area contributed by atoms with Gasteiger partial charge in [-0.3, -0.25) is 9.79 Å². The molecule has 2 N–H and O–H groups in total. The van der Waals surface area contributed by atoms with Crippen LogP contribution in [0.25, 0.3) is 0 Å². The van der Waals surface area contributed by atoms with Crippen molar-refractivity contribution < 1.29 is 4.79 Å². The number of amides is 1. The maximum Gasteiger partial charge on any atom is 0.222 e. The topological polar surface area (TPSA) is 56.7 Å². The van der Waals surface area contributed by atoms with Crippen molar-refractivity contribution >= 4 is 35.8 Å². The Bertz CT molecular complexity index is 366. The molecule has 0 saturated carbocycles. The van der Waals surface area contributed by atoms with Crippen molar-refractivity contribution in [2.75, 3.05) is 26.2 Å². The largest absolute Gasteiger partial charge is 0.357 e. The molecule has 1 rings (SSSR count). The van der Waals surface area contributed by atoms with Crippen LogP contribution in [0.3, 0.4) is 0 Å². The summed E-state index contributed by atoms with van der Waals surface area (Å²) in [5, 5.41) is 6.35. The maximum atomic E-state index is 11.8. The number of piperidine rings is 1. The van der Waals surface area contributed by atoms with Crippen LogP contribution < -0.4 is 10.6 Å². The third-order valence-corrected chi connectivity index (χ3v) is 4.12. The Kier molecular flexibility index (Phi) is 11.6. The van der Waals surface area contributed by atoms with E-state index in [-0.39, 0.29) is 35.9 Å². The smallest absolute Gasteiger partial charge is 0.222 e. The molecular weight excluding hydrogens is 403 g/mol. The van der Waals surface area contributed by atoms with Gasteiger partial charge in [-0.15, -0.1) is 24.0 Å². The molecule has 3 atom stereocenters. The molecule has 0 aliphatic carbocycles. The van der Waals surface area contributed by atoms with E-state index < -0.39 is 0 Å². The van der Waals surface area contributed by atoms with Gasteiger partial charge in [0.25, 0.3) is 0 Å². The molecule has 1 amide bonds. The van der Waals surface area contributed by atoms with Crippen LogP contribution in [-0.2, 0) is 4.79 Å². The molecule has 0 aromatic rings. The molecule has 1 saturated heterocycles. The van der Waals surface area contributed by atoms with E-state index in [4.69, 9.17) is 0 Å². The summed E-state index contributed by atoms with van der Waals surface area (Å²) in [6.07, 6.45) is 2.70. The van der Waals surface area contributed by atoms with E-state index in [0.29, 0.717) is 24.8 Å². The Morgan fingerprint density at radius 1 is 1.26 bits per heavy atom. The van der Waals surface area contributed by atoms with Crippen LogP contribution >= 0.6 is 24.0 Å². The second-order valence-electron chi connectivity index (χ2n) is 6.71. The van der Waals surface area contributed by atoms with Crippen LogP contribution in [0.2, 0.25) is 0 Å². The maximum absolute atomic E-state index is 11.8. The first-order valence-electron chi connectivity index (χ1n) is 8.78. The van der Waals surface area contributed by atoms with Crippen molar-refractivity contribution in [2.45, 2.75) is 59.9 Å². The Hall–Kier alpha value is -0.530. The van der Waals surface area contributed by atoms with Crippen LogP contribution in [0.15, 0.2) is 4.99 Å².